The average Bonchev–Trinajstić information content (AvgIpc) is 2.01. The van der Waals surface area contributed by atoms with Gasteiger partial charge in [0.15, 0.2) is 0 Å². The van der Waals surface area contributed by atoms with E-state index in [1.165, 1.54) is 0 Å². The zero-order valence-corrected chi connectivity index (χ0v) is 9.66. The lowest BCUT2D eigenvalue weighted by atomic mass is 10.0. The van der Waals surface area contributed by atoms with Gasteiger partial charge in [-0.15, -0.1) is 0 Å². The molecule has 0 saturated heterocycles. The van der Waals surface area contributed by atoms with E-state index >= 15 is 0 Å². The van der Waals surface area contributed by atoms with Gasteiger partial charge in [-0.3, -0.25) is 0 Å². The first kappa shape index (κ1) is 13.5. The maximum atomic E-state index is 11.5. The first-order valence-corrected chi connectivity index (χ1v) is 4.83. The molecule has 0 unspecified atom stereocenters. The normalized spacial score (nSPS) is 12.1. The van der Waals surface area contributed by atoms with Crippen LogP contribution >= 0.6 is 0 Å². The molecule has 4 nitrogen and oxygen atoms in total. The summed E-state index contributed by atoms with van der Waals surface area (Å²) < 4.78 is 9.76. The molecule has 0 radical (unpaired) electrons. The molecule has 0 heterocycles. The summed E-state index contributed by atoms with van der Waals surface area (Å²) in [5.74, 6) is -0.583. The Morgan fingerprint density at radius 1 is 1.47 bits per heavy atom. The van der Waals surface area contributed by atoms with Crippen molar-refractivity contribution >= 4 is 5.97 Å². The maximum Gasteiger partial charge on any atom is 0.337 e. The topological polar surface area (TPSA) is 55.8 Å². The number of esters is 1. The summed E-state index contributed by atoms with van der Waals surface area (Å²) in [7, 11) is 0. The van der Waals surface area contributed by atoms with Crippen molar-refractivity contribution < 1.29 is 19.4 Å². The van der Waals surface area contributed by atoms with E-state index in [-0.39, 0.29) is 5.92 Å². The second-order valence-corrected chi connectivity index (χ2v) is 3.34. The smallest absolute Gasteiger partial charge is 0.337 e. The molecule has 0 saturated carbocycles. The van der Waals surface area contributed by atoms with Crippen LogP contribution < -0.4 is 0 Å². The van der Waals surface area contributed by atoms with E-state index in [0.717, 1.165) is 0 Å². The minimum atomic E-state index is -0.435. The lowest BCUT2D eigenvalue weighted by Gasteiger charge is -2.14. The van der Waals surface area contributed by atoms with Gasteiger partial charge < -0.3 is 14.6 Å². The molecule has 0 rings (SSSR count). The van der Waals surface area contributed by atoms with E-state index < -0.39 is 11.9 Å². The van der Waals surface area contributed by atoms with Crippen molar-refractivity contribution in [3.8, 4) is 0 Å². The molecule has 0 aromatic rings. The number of aliphatic hydroxyl groups is 1. The second-order valence-electron chi connectivity index (χ2n) is 3.34. The van der Waals surface area contributed by atoms with Crippen molar-refractivity contribution in [3.63, 3.8) is 0 Å². The molecular weight excluding hydrogens is 196 g/mol. The highest BCUT2D eigenvalue weighted by atomic mass is 16.6. The van der Waals surface area contributed by atoms with Gasteiger partial charge in [0.25, 0.3) is 5.95 Å². The Hall–Kier alpha value is -1.45. The van der Waals surface area contributed by atoms with Gasteiger partial charge in [0, 0.05) is 0 Å². The Balaban J connectivity index is 4.92. The van der Waals surface area contributed by atoms with Crippen molar-refractivity contribution in [2.24, 2.45) is 5.92 Å². The number of ether oxygens (including phenoxy) is 2. The molecule has 86 valence electrons. The van der Waals surface area contributed by atoms with Crippen molar-refractivity contribution in [3.05, 3.63) is 23.9 Å². The van der Waals surface area contributed by atoms with Gasteiger partial charge in [0.05, 0.1) is 12.2 Å². The minimum absolute atomic E-state index is 0.0385. The van der Waals surface area contributed by atoms with Gasteiger partial charge in [-0.05, 0) is 26.3 Å². The highest BCUT2D eigenvalue weighted by molar-refractivity contribution is 5.89. The van der Waals surface area contributed by atoms with Crippen LogP contribution in [-0.4, -0.2) is 17.7 Å². The van der Waals surface area contributed by atoms with E-state index in [2.05, 4.69) is 6.58 Å². The molecule has 0 atom stereocenters. The molecule has 0 aromatic heterocycles. The first-order chi connectivity index (χ1) is 6.90. The molecule has 0 bridgehead atoms. The average molecular weight is 214 g/mol. The van der Waals surface area contributed by atoms with Gasteiger partial charge >= 0.3 is 5.97 Å². The summed E-state index contributed by atoms with van der Waals surface area (Å²) >= 11 is 0. The molecule has 0 amide bonds. The number of aliphatic hydroxyl groups excluding tert-OH is 1. The quantitative estimate of drug-likeness (QED) is 0.434. The zero-order valence-electron chi connectivity index (χ0n) is 9.66. The molecular formula is C11H18O4. The van der Waals surface area contributed by atoms with Crippen molar-refractivity contribution in [1.29, 1.82) is 0 Å². The standard InChI is InChI=1S/C11H18O4/c1-6-14-11(13)10(7(2)3)8(4)15-9(5)12/h7,12H,5-6H2,1-4H3/b10-8-. The van der Waals surface area contributed by atoms with Crippen LogP contribution in [-0.2, 0) is 14.3 Å². The molecule has 1 N–H and O–H groups in total. The summed E-state index contributed by atoms with van der Waals surface area (Å²) in [5.41, 5.74) is 0.409. The molecule has 0 aliphatic heterocycles. The highest BCUT2D eigenvalue weighted by Crippen LogP contribution is 2.18. The maximum absolute atomic E-state index is 11.5. The van der Waals surface area contributed by atoms with Crippen molar-refractivity contribution in [1.82, 2.24) is 0 Å². The Morgan fingerprint density at radius 2 is 2.00 bits per heavy atom. The van der Waals surface area contributed by atoms with Gasteiger partial charge in [0.1, 0.15) is 5.76 Å². The zero-order chi connectivity index (χ0) is 12.0. The van der Waals surface area contributed by atoms with Crippen LogP contribution in [0.5, 0.6) is 0 Å². The number of carbonyl (C=O) groups is 1. The number of rotatable bonds is 5. The third-order valence-corrected chi connectivity index (χ3v) is 1.72. The molecule has 15 heavy (non-hydrogen) atoms. The van der Waals surface area contributed by atoms with E-state index in [0.29, 0.717) is 17.9 Å². The fourth-order valence-electron chi connectivity index (χ4n) is 1.23. The monoisotopic (exact) mass is 214 g/mol. The lowest BCUT2D eigenvalue weighted by Crippen LogP contribution is -2.15. The lowest BCUT2D eigenvalue weighted by molar-refractivity contribution is -0.139. The van der Waals surface area contributed by atoms with Crippen LogP contribution in [0.2, 0.25) is 0 Å². The van der Waals surface area contributed by atoms with Gasteiger partial charge in [0.2, 0.25) is 0 Å². The first-order valence-electron chi connectivity index (χ1n) is 4.83. The third-order valence-electron chi connectivity index (χ3n) is 1.72. The Morgan fingerprint density at radius 3 is 2.33 bits per heavy atom. The van der Waals surface area contributed by atoms with E-state index in [1.807, 2.05) is 13.8 Å². The van der Waals surface area contributed by atoms with Gasteiger partial charge in [-0.2, -0.15) is 0 Å². The largest absolute Gasteiger partial charge is 0.481 e. The van der Waals surface area contributed by atoms with Crippen LogP contribution in [0.1, 0.15) is 27.7 Å². The summed E-state index contributed by atoms with van der Waals surface area (Å²) in [5, 5.41) is 8.86. The minimum Gasteiger partial charge on any atom is -0.481 e. The van der Waals surface area contributed by atoms with Crippen molar-refractivity contribution in [2.45, 2.75) is 27.7 Å². The molecule has 4 heteroatoms. The second kappa shape index (κ2) is 6.11. The summed E-state index contributed by atoms with van der Waals surface area (Å²) in [6, 6.07) is 0. The van der Waals surface area contributed by atoms with Gasteiger partial charge in [-0.25, -0.2) is 4.79 Å². The Bertz CT molecular complexity index is 276. The van der Waals surface area contributed by atoms with Crippen LogP contribution in [0.4, 0.5) is 0 Å². The Kier molecular flexibility index (Phi) is 5.52. The molecule has 0 fully saturated rings. The number of hydrogen-bond donors (Lipinski definition) is 1. The number of carbonyl (C=O) groups excluding carboxylic acids is 1. The van der Waals surface area contributed by atoms with E-state index in [1.54, 1.807) is 13.8 Å². The molecule has 0 aromatic carbocycles. The van der Waals surface area contributed by atoms with Gasteiger partial charge in [-0.1, -0.05) is 13.8 Å². The van der Waals surface area contributed by atoms with Crippen molar-refractivity contribution in [2.75, 3.05) is 6.61 Å². The molecule has 0 aliphatic rings. The summed E-state index contributed by atoms with van der Waals surface area (Å²) in [6.45, 7) is 10.5. The SMILES string of the molecule is C=C(O)O/C(C)=C(\C(=O)OCC)C(C)C. The highest BCUT2D eigenvalue weighted by Gasteiger charge is 2.19. The number of hydrogen-bond acceptors (Lipinski definition) is 4. The summed E-state index contributed by atoms with van der Waals surface area (Å²) in [6.07, 6.45) is 0. The predicted octanol–water partition coefficient (Wildman–Crippen LogP) is 2.53. The molecule has 0 aliphatic carbocycles. The predicted molar refractivity (Wildman–Crippen MR) is 57.0 cm³/mol. The van der Waals surface area contributed by atoms with Crippen LogP contribution in [0.15, 0.2) is 23.9 Å². The van der Waals surface area contributed by atoms with E-state index in [9.17, 15) is 4.79 Å². The summed E-state index contributed by atoms with van der Waals surface area (Å²) in [4.78, 5) is 11.5. The molecule has 0 spiro atoms. The third kappa shape index (κ3) is 4.54. The fourth-order valence-corrected chi connectivity index (χ4v) is 1.23. The van der Waals surface area contributed by atoms with Crippen LogP contribution in [0.25, 0.3) is 0 Å². The van der Waals surface area contributed by atoms with Crippen LogP contribution in [0, 0.1) is 5.92 Å². The Labute approximate surface area is 90.2 Å². The van der Waals surface area contributed by atoms with Crippen LogP contribution in [0.3, 0.4) is 0 Å². The fraction of sp³-hybridized carbons (Fsp3) is 0.545. The number of allylic oxidation sites excluding steroid dienone is 1. The van der Waals surface area contributed by atoms with E-state index in [4.69, 9.17) is 14.6 Å².